The lowest BCUT2D eigenvalue weighted by molar-refractivity contribution is -0.118. The monoisotopic (exact) mass is 414 g/mol. The molecule has 0 saturated carbocycles. The van der Waals surface area contributed by atoms with E-state index in [0.717, 1.165) is 11.3 Å². The Morgan fingerprint density at radius 3 is 2.52 bits per heavy atom. The van der Waals surface area contributed by atoms with Gasteiger partial charge >= 0.3 is 0 Å². The predicted octanol–water partition coefficient (Wildman–Crippen LogP) is 5.12. The maximum absolute atomic E-state index is 13.0. The molecular weight excluding hydrogens is 395 g/mol. The minimum atomic E-state index is -0.331. The van der Waals surface area contributed by atoms with Crippen molar-refractivity contribution in [1.82, 2.24) is 0 Å². The molecule has 0 atom stereocenters. The van der Waals surface area contributed by atoms with E-state index in [0.29, 0.717) is 28.8 Å². The van der Waals surface area contributed by atoms with Gasteiger partial charge < -0.3 is 20.1 Å². The molecule has 0 aliphatic carbocycles. The zero-order valence-electron chi connectivity index (χ0n) is 15.7. The average Bonchev–Trinajstić information content (AvgIpc) is 2.73. The second-order valence-electron chi connectivity index (χ2n) is 6.16. The van der Waals surface area contributed by atoms with Crippen LogP contribution in [0.25, 0.3) is 0 Å². The molecule has 0 bridgehead atoms. The van der Waals surface area contributed by atoms with Gasteiger partial charge in [0.2, 0.25) is 0 Å². The minimum Gasteiger partial charge on any atom is -0.493 e. The van der Waals surface area contributed by atoms with E-state index in [9.17, 15) is 9.18 Å². The van der Waals surface area contributed by atoms with Crippen molar-refractivity contribution in [3.05, 3.63) is 83.1 Å². The highest BCUT2D eigenvalue weighted by Gasteiger charge is 2.10. The van der Waals surface area contributed by atoms with E-state index in [1.165, 1.54) is 19.2 Å². The SMILES string of the molecule is COc1cc(CNc2ccc(F)cc2)ccc1OCC(=O)Nc1ccccc1Cl. The zero-order valence-corrected chi connectivity index (χ0v) is 16.5. The maximum atomic E-state index is 13.0. The lowest BCUT2D eigenvalue weighted by atomic mass is 10.2. The molecule has 0 spiro atoms. The van der Waals surface area contributed by atoms with E-state index in [1.807, 2.05) is 12.1 Å². The summed E-state index contributed by atoms with van der Waals surface area (Å²) >= 11 is 6.03. The fourth-order valence-corrected chi connectivity index (χ4v) is 2.79. The van der Waals surface area contributed by atoms with Crippen molar-refractivity contribution in [2.24, 2.45) is 0 Å². The number of hydrogen-bond acceptors (Lipinski definition) is 4. The second kappa shape index (κ2) is 9.80. The van der Waals surface area contributed by atoms with Crippen LogP contribution in [0, 0.1) is 5.82 Å². The number of halogens is 2. The molecule has 1 amide bonds. The van der Waals surface area contributed by atoms with Crippen molar-refractivity contribution in [3.63, 3.8) is 0 Å². The Labute approximate surface area is 173 Å². The lowest BCUT2D eigenvalue weighted by Crippen LogP contribution is -2.20. The van der Waals surface area contributed by atoms with Gasteiger partial charge in [-0.15, -0.1) is 0 Å². The number of rotatable bonds is 8. The van der Waals surface area contributed by atoms with E-state index < -0.39 is 0 Å². The highest BCUT2D eigenvalue weighted by molar-refractivity contribution is 6.33. The zero-order chi connectivity index (χ0) is 20.6. The summed E-state index contributed by atoms with van der Waals surface area (Å²) in [5.74, 6) is 0.348. The molecule has 0 saturated heterocycles. The van der Waals surface area contributed by atoms with Crippen molar-refractivity contribution in [2.45, 2.75) is 6.54 Å². The summed E-state index contributed by atoms with van der Waals surface area (Å²) in [7, 11) is 1.53. The fourth-order valence-electron chi connectivity index (χ4n) is 2.61. The Morgan fingerprint density at radius 1 is 1.03 bits per heavy atom. The first kappa shape index (κ1) is 20.5. The van der Waals surface area contributed by atoms with Crippen LogP contribution in [-0.2, 0) is 11.3 Å². The number of amides is 1. The topological polar surface area (TPSA) is 59.6 Å². The van der Waals surface area contributed by atoms with E-state index in [4.69, 9.17) is 21.1 Å². The Hall–Kier alpha value is -3.25. The van der Waals surface area contributed by atoms with E-state index in [-0.39, 0.29) is 18.3 Å². The first-order valence-corrected chi connectivity index (χ1v) is 9.26. The van der Waals surface area contributed by atoms with Crippen molar-refractivity contribution in [1.29, 1.82) is 0 Å². The van der Waals surface area contributed by atoms with Crippen LogP contribution in [0.3, 0.4) is 0 Å². The van der Waals surface area contributed by atoms with Crippen LogP contribution in [0.5, 0.6) is 11.5 Å². The van der Waals surface area contributed by atoms with Gasteiger partial charge in [-0.1, -0.05) is 29.8 Å². The smallest absolute Gasteiger partial charge is 0.262 e. The predicted molar refractivity (Wildman–Crippen MR) is 112 cm³/mol. The third-order valence-electron chi connectivity index (χ3n) is 4.08. The summed E-state index contributed by atoms with van der Waals surface area (Å²) in [5.41, 5.74) is 2.28. The summed E-state index contributed by atoms with van der Waals surface area (Å²) in [5, 5.41) is 6.36. The van der Waals surface area contributed by atoms with Gasteiger partial charge in [-0.3, -0.25) is 4.79 Å². The summed E-state index contributed by atoms with van der Waals surface area (Å²) in [4.78, 5) is 12.1. The summed E-state index contributed by atoms with van der Waals surface area (Å²) in [6.07, 6.45) is 0. The van der Waals surface area contributed by atoms with Crippen LogP contribution in [0.2, 0.25) is 5.02 Å². The van der Waals surface area contributed by atoms with Gasteiger partial charge in [0.25, 0.3) is 5.91 Å². The maximum Gasteiger partial charge on any atom is 0.262 e. The first-order valence-electron chi connectivity index (χ1n) is 8.88. The van der Waals surface area contributed by atoms with Crippen molar-refractivity contribution < 1.29 is 18.7 Å². The number of carbonyl (C=O) groups is 1. The molecule has 150 valence electrons. The largest absolute Gasteiger partial charge is 0.493 e. The highest BCUT2D eigenvalue weighted by atomic mass is 35.5. The van der Waals surface area contributed by atoms with Crippen LogP contribution < -0.4 is 20.1 Å². The number of hydrogen-bond donors (Lipinski definition) is 2. The van der Waals surface area contributed by atoms with Gasteiger partial charge in [0, 0.05) is 12.2 Å². The van der Waals surface area contributed by atoms with Gasteiger partial charge in [-0.2, -0.15) is 0 Å². The van der Waals surface area contributed by atoms with Crippen molar-refractivity contribution in [2.75, 3.05) is 24.4 Å². The number of ether oxygens (including phenoxy) is 2. The Balaban J connectivity index is 1.57. The molecule has 0 aliphatic heterocycles. The fraction of sp³-hybridized carbons (Fsp3) is 0.136. The third-order valence-corrected chi connectivity index (χ3v) is 4.41. The van der Waals surface area contributed by atoms with Gasteiger partial charge in [0.1, 0.15) is 5.82 Å². The summed E-state index contributed by atoms with van der Waals surface area (Å²) < 4.78 is 23.9. The molecule has 7 heteroatoms. The van der Waals surface area contributed by atoms with Crippen LogP contribution in [0.15, 0.2) is 66.7 Å². The lowest BCUT2D eigenvalue weighted by Gasteiger charge is -2.13. The number of para-hydroxylation sites is 1. The number of methoxy groups -OCH3 is 1. The molecule has 0 fully saturated rings. The molecule has 0 radical (unpaired) electrons. The van der Waals surface area contributed by atoms with E-state index >= 15 is 0 Å². The van der Waals surface area contributed by atoms with E-state index in [1.54, 1.807) is 42.5 Å². The molecule has 3 aromatic rings. The van der Waals surface area contributed by atoms with Crippen LogP contribution in [0.1, 0.15) is 5.56 Å². The molecule has 0 aliphatic rings. The average molecular weight is 415 g/mol. The molecule has 0 unspecified atom stereocenters. The summed E-state index contributed by atoms with van der Waals surface area (Å²) in [6, 6.07) is 18.5. The molecule has 3 rings (SSSR count). The van der Waals surface area contributed by atoms with Crippen molar-refractivity contribution >= 4 is 28.9 Å². The Morgan fingerprint density at radius 2 is 1.79 bits per heavy atom. The van der Waals surface area contributed by atoms with Crippen LogP contribution in [-0.4, -0.2) is 19.6 Å². The number of carbonyl (C=O) groups excluding carboxylic acids is 1. The molecule has 0 heterocycles. The second-order valence-corrected chi connectivity index (χ2v) is 6.57. The molecular formula is C22H20ClFN2O3. The molecule has 2 N–H and O–H groups in total. The number of benzene rings is 3. The summed E-state index contributed by atoms with van der Waals surface area (Å²) in [6.45, 7) is 0.337. The van der Waals surface area contributed by atoms with Gasteiger partial charge in [-0.05, 0) is 54.1 Å². The normalized spacial score (nSPS) is 10.3. The Kier molecular flexibility index (Phi) is 6.92. The quantitative estimate of drug-likeness (QED) is 0.537. The molecule has 3 aromatic carbocycles. The first-order chi connectivity index (χ1) is 14.0. The van der Waals surface area contributed by atoms with Gasteiger partial charge in [0.15, 0.2) is 18.1 Å². The molecule has 29 heavy (non-hydrogen) atoms. The number of nitrogens with one attached hydrogen (secondary N) is 2. The molecule has 5 nitrogen and oxygen atoms in total. The number of anilines is 2. The van der Waals surface area contributed by atoms with Crippen LogP contribution in [0.4, 0.5) is 15.8 Å². The minimum absolute atomic E-state index is 0.186. The van der Waals surface area contributed by atoms with Crippen molar-refractivity contribution in [3.8, 4) is 11.5 Å². The molecule has 0 aromatic heterocycles. The standard InChI is InChI=1S/C22H20ClFN2O3/c1-28-21-12-15(13-25-17-9-7-16(24)8-10-17)6-11-20(21)29-14-22(27)26-19-5-3-2-4-18(19)23/h2-12,25H,13-14H2,1H3,(H,26,27). The van der Waals surface area contributed by atoms with Crippen LogP contribution >= 0.6 is 11.6 Å². The third kappa shape index (κ3) is 5.86. The van der Waals surface area contributed by atoms with Gasteiger partial charge in [0.05, 0.1) is 17.8 Å². The van der Waals surface area contributed by atoms with Gasteiger partial charge in [-0.25, -0.2) is 4.39 Å². The van der Waals surface area contributed by atoms with E-state index in [2.05, 4.69) is 10.6 Å². The highest BCUT2D eigenvalue weighted by Crippen LogP contribution is 2.28. The Bertz CT molecular complexity index is 980.